The Morgan fingerprint density at radius 1 is 0.833 bits per heavy atom. The van der Waals surface area contributed by atoms with Crippen LogP contribution in [0.3, 0.4) is 0 Å². The number of nitrogens with one attached hydrogen (secondary N) is 1. The summed E-state index contributed by atoms with van der Waals surface area (Å²) in [5, 5.41) is 23.8. The summed E-state index contributed by atoms with van der Waals surface area (Å²) in [7, 11) is 0. The van der Waals surface area contributed by atoms with Gasteiger partial charge in [0.2, 0.25) is 0 Å². The maximum atomic E-state index is 9.27. The molecule has 0 amide bonds. The molecule has 5 aromatic rings. The maximum Gasteiger partial charge on any atom is 0.149 e. The SMILES string of the molecule is C=C(/C=C\C=N)/C(N)=C/C=C\Cc1cc2ccc3cc(C/C=C\C=C(/N)c4cccnc4C#N)cc4ccc(c1)c2c34. The van der Waals surface area contributed by atoms with E-state index in [0.717, 1.165) is 12.8 Å². The average Bonchev–Trinajstić information content (AvgIpc) is 3.02. The van der Waals surface area contributed by atoms with E-state index in [4.69, 9.17) is 16.9 Å². The lowest BCUT2D eigenvalue weighted by molar-refractivity contribution is 1.24. The number of nitrogens with zero attached hydrogens (tertiary/aromatic N) is 2. The number of rotatable bonds is 10. The lowest BCUT2D eigenvalue weighted by Crippen LogP contribution is -2.00. The largest absolute Gasteiger partial charge is 0.398 e. The quantitative estimate of drug-likeness (QED) is 0.0950. The van der Waals surface area contributed by atoms with Gasteiger partial charge >= 0.3 is 0 Å². The highest BCUT2D eigenvalue weighted by molar-refractivity contribution is 6.23. The smallest absolute Gasteiger partial charge is 0.149 e. The molecule has 0 saturated carbocycles. The molecule has 5 rings (SSSR count). The van der Waals surface area contributed by atoms with Crippen molar-refractivity contribution in [3.05, 3.63) is 156 Å². The first kappa shape index (κ1) is 27.8. The third-order valence-electron chi connectivity index (χ3n) is 7.17. The second-order valence-electron chi connectivity index (χ2n) is 10.0. The zero-order chi connectivity index (χ0) is 29.5. The van der Waals surface area contributed by atoms with Crippen molar-refractivity contribution in [2.24, 2.45) is 11.5 Å². The topological polar surface area (TPSA) is 113 Å². The number of nitriles is 1. The molecule has 5 nitrogen and oxygen atoms in total. The fourth-order valence-electron chi connectivity index (χ4n) is 5.14. The van der Waals surface area contributed by atoms with Crippen LogP contribution >= 0.6 is 0 Å². The van der Waals surface area contributed by atoms with Crippen LogP contribution in [0.1, 0.15) is 22.4 Å². The van der Waals surface area contributed by atoms with Crippen LogP contribution in [0.4, 0.5) is 0 Å². The summed E-state index contributed by atoms with van der Waals surface area (Å²) in [6, 6.07) is 23.5. The Hall–Kier alpha value is -5.73. The molecule has 1 heterocycles. The van der Waals surface area contributed by atoms with Crippen molar-refractivity contribution in [3.8, 4) is 6.07 Å². The van der Waals surface area contributed by atoms with Gasteiger partial charge in [-0.3, -0.25) is 0 Å². The summed E-state index contributed by atoms with van der Waals surface area (Å²) in [5.41, 5.74) is 17.5. The molecule has 5 heteroatoms. The lowest BCUT2D eigenvalue weighted by Gasteiger charge is -2.13. The second kappa shape index (κ2) is 12.6. The van der Waals surface area contributed by atoms with E-state index in [1.54, 1.807) is 30.5 Å². The van der Waals surface area contributed by atoms with Gasteiger partial charge in [0.05, 0.1) is 0 Å². The van der Waals surface area contributed by atoms with Crippen LogP contribution in [0.2, 0.25) is 0 Å². The van der Waals surface area contributed by atoms with Gasteiger partial charge < -0.3 is 16.9 Å². The Balaban J connectivity index is 1.35. The van der Waals surface area contributed by atoms with Gasteiger partial charge in [-0.1, -0.05) is 85.5 Å². The number of nitrogens with two attached hydrogens (primary N) is 2. The van der Waals surface area contributed by atoms with E-state index < -0.39 is 0 Å². The minimum atomic E-state index is 0.323. The first-order valence-corrected chi connectivity index (χ1v) is 13.7. The zero-order valence-corrected chi connectivity index (χ0v) is 23.2. The Morgan fingerprint density at radius 3 is 1.90 bits per heavy atom. The van der Waals surface area contributed by atoms with E-state index in [9.17, 15) is 5.26 Å². The van der Waals surface area contributed by atoms with E-state index in [1.807, 2.05) is 24.3 Å². The van der Waals surface area contributed by atoms with Crippen LogP contribution in [0.5, 0.6) is 0 Å². The van der Waals surface area contributed by atoms with Gasteiger partial charge in [-0.15, -0.1) is 0 Å². The van der Waals surface area contributed by atoms with Gasteiger partial charge in [0.1, 0.15) is 11.8 Å². The zero-order valence-electron chi connectivity index (χ0n) is 23.2. The van der Waals surface area contributed by atoms with Crippen LogP contribution in [0.15, 0.2) is 133 Å². The van der Waals surface area contributed by atoms with Crippen LogP contribution in [-0.4, -0.2) is 11.2 Å². The molecule has 0 unspecified atom stereocenters. The summed E-state index contributed by atoms with van der Waals surface area (Å²) in [5.74, 6) is 0. The molecule has 0 bridgehead atoms. The molecular formula is C37H31N5. The summed E-state index contributed by atoms with van der Waals surface area (Å²) < 4.78 is 0. The van der Waals surface area contributed by atoms with Crippen molar-refractivity contribution in [1.82, 2.24) is 4.98 Å². The monoisotopic (exact) mass is 545 g/mol. The van der Waals surface area contributed by atoms with Gasteiger partial charge in [-0.05, 0) is 92.2 Å². The number of benzene rings is 4. The highest BCUT2D eigenvalue weighted by atomic mass is 14.7. The number of aromatic nitrogens is 1. The molecule has 0 aliphatic carbocycles. The van der Waals surface area contributed by atoms with Crippen molar-refractivity contribution in [1.29, 1.82) is 10.7 Å². The molecule has 4 aromatic carbocycles. The molecule has 42 heavy (non-hydrogen) atoms. The van der Waals surface area contributed by atoms with Crippen LogP contribution in [-0.2, 0) is 12.8 Å². The number of allylic oxidation sites excluding steroid dienone is 8. The molecule has 0 saturated heterocycles. The normalized spacial score (nSPS) is 12.8. The minimum absolute atomic E-state index is 0.323. The molecule has 0 spiro atoms. The van der Waals surface area contributed by atoms with Gasteiger partial charge in [0, 0.05) is 29.4 Å². The molecule has 0 radical (unpaired) electrons. The molecule has 0 aliphatic heterocycles. The number of pyridine rings is 1. The van der Waals surface area contributed by atoms with Crippen molar-refractivity contribution >= 4 is 44.2 Å². The van der Waals surface area contributed by atoms with Crippen LogP contribution in [0, 0.1) is 16.7 Å². The van der Waals surface area contributed by atoms with Gasteiger partial charge in [-0.2, -0.15) is 5.26 Å². The molecule has 1 aromatic heterocycles. The number of hydrogen-bond donors (Lipinski definition) is 3. The fraction of sp³-hybridized carbons (Fsp3) is 0.0541. The van der Waals surface area contributed by atoms with E-state index >= 15 is 0 Å². The predicted molar refractivity (Wildman–Crippen MR) is 176 cm³/mol. The highest BCUT2D eigenvalue weighted by Crippen LogP contribution is 2.36. The maximum absolute atomic E-state index is 9.27. The average molecular weight is 546 g/mol. The standard InChI is InChI=1S/C37H31N5/c1-25(8-6-18-38)33(40)12-4-2-9-26-20-28-14-16-30-22-27(23-31-17-15-29(21-26)36(28)37(30)31)10-3-5-13-34(41)32-11-7-19-42-35(32)24-39/h2-8,11-23,38H,1,9-10,40-41H2/b4-2-,5-3-,8-6-,33-12-,34-13-,38-18?. The summed E-state index contributed by atoms with van der Waals surface area (Å²) in [6.45, 7) is 3.92. The summed E-state index contributed by atoms with van der Waals surface area (Å²) in [6.07, 6.45) is 19.4. The lowest BCUT2D eigenvalue weighted by atomic mass is 9.91. The van der Waals surface area contributed by atoms with Crippen molar-refractivity contribution in [3.63, 3.8) is 0 Å². The molecule has 0 fully saturated rings. The van der Waals surface area contributed by atoms with Gasteiger partial charge in [0.15, 0.2) is 0 Å². The minimum Gasteiger partial charge on any atom is -0.398 e. The fourth-order valence-corrected chi connectivity index (χ4v) is 5.14. The van der Waals surface area contributed by atoms with E-state index in [-0.39, 0.29) is 0 Å². The molecular weight excluding hydrogens is 514 g/mol. The molecule has 0 aliphatic rings. The third-order valence-corrected chi connectivity index (χ3v) is 7.17. The third kappa shape index (κ3) is 6.04. The summed E-state index contributed by atoms with van der Waals surface area (Å²) in [4.78, 5) is 4.08. The Kier molecular flexibility index (Phi) is 8.37. The molecule has 5 N–H and O–H groups in total. The van der Waals surface area contributed by atoms with E-state index in [0.29, 0.717) is 28.2 Å². The van der Waals surface area contributed by atoms with Gasteiger partial charge in [-0.25, -0.2) is 4.98 Å². The Labute approximate surface area is 245 Å². The highest BCUT2D eigenvalue weighted by Gasteiger charge is 2.10. The Bertz CT molecular complexity index is 1930. The predicted octanol–water partition coefficient (Wildman–Crippen LogP) is 7.65. The van der Waals surface area contributed by atoms with E-state index in [2.05, 4.69) is 78.3 Å². The molecule has 204 valence electrons. The van der Waals surface area contributed by atoms with Crippen molar-refractivity contribution in [2.45, 2.75) is 12.8 Å². The second-order valence-corrected chi connectivity index (χ2v) is 10.0. The van der Waals surface area contributed by atoms with Crippen molar-refractivity contribution in [2.75, 3.05) is 0 Å². The van der Waals surface area contributed by atoms with Crippen LogP contribution in [0.25, 0.3) is 38.0 Å². The van der Waals surface area contributed by atoms with Crippen LogP contribution < -0.4 is 11.5 Å². The molecule has 0 atom stereocenters. The number of hydrogen-bond acceptors (Lipinski definition) is 5. The van der Waals surface area contributed by atoms with Gasteiger partial charge in [0.25, 0.3) is 0 Å². The first-order chi connectivity index (χ1) is 20.5. The Morgan fingerprint density at radius 2 is 1.38 bits per heavy atom. The van der Waals surface area contributed by atoms with Crippen molar-refractivity contribution < 1.29 is 0 Å². The summed E-state index contributed by atoms with van der Waals surface area (Å²) >= 11 is 0. The van der Waals surface area contributed by atoms with E-state index in [1.165, 1.54) is 49.7 Å². The first-order valence-electron chi connectivity index (χ1n) is 13.7.